The molecule has 3 aliphatic heterocycles. The van der Waals surface area contributed by atoms with E-state index in [4.69, 9.17) is 10.1 Å². The van der Waals surface area contributed by atoms with Gasteiger partial charge in [0.15, 0.2) is 17.2 Å². The van der Waals surface area contributed by atoms with E-state index in [1.807, 2.05) is 31.4 Å². The second-order valence-electron chi connectivity index (χ2n) is 12.6. The number of piperidine rings is 1. The SMILES string of the molecule is CNc1cc(N2CCc3c(-c4ccc(CN5CC6(CCNCC6(F)F)C5)cn4)cccc32)nn2c(C(=O)NC3CC3)cnc12. The number of fused-ring (bicyclic) bond motifs is 2. The first-order valence-electron chi connectivity index (χ1n) is 15.4. The number of carbonyl (C=O) groups excluding carboxylic acids is 1. The first-order chi connectivity index (χ1) is 21.3. The molecule has 1 amide bonds. The summed E-state index contributed by atoms with van der Waals surface area (Å²) in [6, 6.07) is 12.5. The second-order valence-corrected chi connectivity index (χ2v) is 12.6. The van der Waals surface area contributed by atoms with E-state index in [9.17, 15) is 13.6 Å². The van der Waals surface area contributed by atoms with Crippen molar-refractivity contribution in [2.24, 2.45) is 5.41 Å². The van der Waals surface area contributed by atoms with Gasteiger partial charge in [0, 0.05) is 62.8 Å². The highest BCUT2D eigenvalue weighted by atomic mass is 19.3. The maximum Gasteiger partial charge on any atom is 0.271 e. The molecule has 3 N–H and O–H groups in total. The molecule has 1 aromatic carbocycles. The first kappa shape index (κ1) is 27.4. The summed E-state index contributed by atoms with van der Waals surface area (Å²) in [7, 11) is 1.84. The molecule has 1 aliphatic carbocycles. The van der Waals surface area contributed by atoms with Crippen LogP contribution in [-0.2, 0) is 13.0 Å². The van der Waals surface area contributed by atoms with Crippen LogP contribution in [0.15, 0.2) is 48.8 Å². The van der Waals surface area contributed by atoms with Crippen molar-refractivity contribution in [2.45, 2.75) is 44.2 Å². The lowest BCUT2D eigenvalue weighted by Crippen LogP contribution is -2.69. The van der Waals surface area contributed by atoms with E-state index in [1.165, 1.54) is 5.56 Å². The van der Waals surface area contributed by atoms with E-state index >= 15 is 0 Å². The zero-order valence-electron chi connectivity index (χ0n) is 24.6. The largest absolute Gasteiger partial charge is 0.385 e. The zero-order valence-corrected chi connectivity index (χ0v) is 24.6. The lowest BCUT2D eigenvalue weighted by Gasteiger charge is -2.56. The molecule has 0 bridgehead atoms. The van der Waals surface area contributed by atoms with Crippen molar-refractivity contribution in [1.29, 1.82) is 0 Å². The van der Waals surface area contributed by atoms with Crippen LogP contribution in [-0.4, -0.2) is 82.1 Å². The molecule has 3 fully saturated rings. The summed E-state index contributed by atoms with van der Waals surface area (Å²) in [6.07, 6.45) is 6.80. The van der Waals surface area contributed by atoms with Crippen LogP contribution in [0.4, 0.5) is 26.0 Å². The van der Waals surface area contributed by atoms with Gasteiger partial charge in [-0.05, 0) is 55.5 Å². The predicted molar refractivity (Wildman–Crippen MR) is 164 cm³/mol. The van der Waals surface area contributed by atoms with Gasteiger partial charge in [0.05, 0.1) is 29.5 Å². The van der Waals surface area contributed by atoms with Gasteiger partial charge in [0.1, 0.15) is 0 Å². The van der Waals surface area contributed by atoms with E-state index in [0.29, 0.717) is 43.9 Å². The van der Waals surface area contributed by atoms with Crippen molar-refractivity contribution in [1.82, 2.24) is 35.1 Å². The van der Waals surface area contributed by atoms with Crippen molar-refractivity contribution in [3.8, 4) is 11.3 Å². The van der Waals surface area contributed by atoms with Crippen LogP contribution in [0.2, 0.25) is 0 Å². The molecule has 4 aromatic rings. The summed E-state index contributed by atoms with van der Waals surface area (Å²) >= 11 is 0. The zero-order chi connectivity index (χ0) is 30.1. The van der Waals surface area contributed by atoms with E-state index in [-0.39, 0.29) is 18.5 Å². The van der Waals surface area contributed by atoms with E-state index < -0.39 is 11.3 Å². The second kappa shape index (κ2) is 10.2. The normalized spacial score (nSPS) is 20.5. The molecule has 8 rings (SSSR count). The van der Waals surface area contributed by atoms with E-state index in [1.54, 1.807) is 10.7 Å². The van der Waals surface area contributed by atoms with Crippen LogP contribution in [0.1, 0.15) is 40.9 Å². The number of amides is 1. The monoisotopic (exact) mass is 599 g/mol. The summed E-state index contributed by atoms with van der Waals surface area (Å²) in [4.78, 5) is 26.5. The fourth-order valence-corrected chi connectivity index (χ4v) is 7.02. The van der Waals surface area contributed by atoms with E-state index in [0.717, 1.165) is 59.8 Å². The Morgan fingerprint density at radius 2 is 2.00 bits per heavy atom. The van der Waals surface area contributed by atoms with Crippen LogP contribution in [0, 0.1) is 5.41 Å². The highest BCUT2D eigenvalue weighted by Gasteiger charge is 2.60. The number of halogens is 2. The van der Waals surface area contributed by atoms with Crippen LogP contribution in [0.5, 0.6) is 0 Å². The number of likely N-dealkylation sites (tertiary alicyclic amines) is 1. The third kappa shape index (κ3) is 4.50. The Labute approximate surface area is 253 Å². The van der Waals surface area contributed by atoms with Gasteiger partial charge in [-0.15, -0.1) is 5.10 Å². The summed E-state index contributed by atoms with van der Waals surface area (Å²) in [5, 5.41) is 14.0. The van der Waals surface area contributed by atoms with Gasteiger partial charge in [0.2, 0.25) is 0 Å². The fourth-order valence-electron chi connectivity index (χ4n) is 7.02. The van der Waals surface area contributed by atoms with Gasteiger partial charge in [-0.2, -0.15) is 0 Å². The van der Waals surface area contributed by atoms with Crippen molar-refractivity contribution in [3.05, 3.63) is 65.6 Å². The number of carbonyl (C=O) groups is 1. The molecule has 4 aliphatic rings. The van der Waals surface area contributed by atoms with E-state index in [2.05, 4.69) is 48.9 Å². The fraction of sp³-hybridized carbons (Fsp3) is 0.438. The van der Waals surface area contributed by atoms with Gasteiger partial charge in [0.25, 0.3) is 11.8 Å². The molecular weight excluding hydrogens is 564 g/mol. The summed E-state index contributed by atoms with van der Waals surface area (Å²) in [5.74, 6) is -2.10. The van der Waals surface area contributed by atoms with Gasteiger partial charge in [-0.3, -0.25) is 14.7 Å². The minimum atomic E-state index is -2.66. The molecule has 0 unspecified atom stereocenters. The number of rotatable bonds is 7. The third-order valence-electron chi connectivity index (χ3n) is 9.64. The predicted octanol–water partition coefficient (Wildman–Crippen LogP) is 3.85. The Hall–Kier alpha value is -4.16. The molecule has 1 spiro atoms. The number of pyridine rings is 1. The minimum absolute atomic E-state index is 0.164. The van der Waals surface area contributed by atoms with Gasteiger partial charge >= 0.3 is 0 Å². The molecule has 1 saturated carbocycles. The molecule has 10 nitrogen and oxygen atoms in total. The molecule has 228 valence electrons. The minimum Gasteiger partial charge on any atom is -0.385 e. The number of aromatic nitrogens is 4. The first-order valence-corrected chi connectivity index (χ1v) is 15.4. The standard InChI is InChI=1S/C32H35F2N9O/c1-35-25-13-28(40-43-27(15-38-29(25)43)30(44)39-21-6-7-21)42-12-9-23-22(3-2-4-26(23)42)24-8-5-20(14-37-24)16-41-18-31(19-41)10-11-36-17-32(31,33)34/h2-5,8,13-15,21,35-36H,6-7,9-12,16-19H2,1H3,(H,39,44). The summed E-state index contributed by atoms with van der Waals surface area (Å²) in [5.41, 5.74) is 6.14. The molecule has 0 atom stereocenters. The quantitative estimate of drug-likeness (QED) is 0.295. The number of nitrogens with one attached hydrogen (secondary N) is 3. The molecular formula is C32H35F2N9O. The molecule has 2 saturated heterocycles. The van der Waals surface area contributed by atoms with Gasteiger partial charge < -0.3 is 20.9 Å². The Morgan fingerprint density at radius 1 is 1.14 bits per heavy atom. The van der Waals surface area contributed by atoms with Gasteiger partial charge in [-0.25, -0.2) is 18.3 Å². The van der Waals surface area contributed by atoms with Crippen LogP contribution < -0.4 is 20.9 Å². The van der Waals surface area contributed by atoms with Crippen molar-refractivity contribution in [2.75, 3.05) is 50.0 Å². The van der Waals surface area contributed by atoms with Crippen LogP contribution >= 0.6 is 0 Å². The van der Waals surface area contributed by atoms with Crippen molar-refractivity contribution in [3.63, 3.8) is 0 Å². The Morgan fingerprint density at radius 3 is 2.75 bits per heavy atom. The average Bonchev–Trinajstić information content (AvgIpc) is 3.53. The lowest BCUT2D eigenvalue weighted by atomic mass is 9.69. The number of hydrogen-bond donors (Lipinski definition) is 3. The summed E-state index contributed by atoms with van der Waals surface area (Å²) in [6.45, 7) is 2.64. The van der Waals surface area contributed by atoms with Crippen molar-refractivity contribution < 1.29 is 13.6 Å². The number of benzene rings is 1. The molecule has 3 aromatic heterocycles. The number of nitrogens with zero attached hydrogens (tertiary/aromatic N) is 6. The van der Waals surface area contributed by atoms with Crippen LogP contribution in [0.25, 0.3) is 16.9 Å². The maximum absolute atomic E-state index is 14.6. The Bertz CT molecular complexity index is 1740. The Kier molecular flexibility index (Phi) is 6.35. The third-order valence-corrected chi connectivity index (χ3v) is 9.64. The van der Waals surface area contributed by atoms with Crippen LogP contribution in [0.3, 0.4) is 0 Å². The Balaban J connectivity index is 1.03. The average molecular weight is 600 g/mol. The number of hydrogen-bond acceptors (Lipinski definition) is 8. The van der Waals surface area contributed by atoms with Crippen molar-refractivity contribution >= 4 is 28.7 Å². The molecule has 44 heavy (non-hydrogen) atoms. The maximum atomic E-state index is 14.6. The molecule has 6 heterocycles. The number of anilines is 3. The molecule has 0 radical (unpaired) electrons. The highest BCUT2D eigenvalue weighted by molar-refractivity contribution is 5.94. The summed E-state index contributed by atoms with van der Waals surface area (Å²) < 4.78 is 30.7. The topological polar surface area (TPSA) is 103 Å². The number of alkyl halides is 2. The smallest absolute Gasteiger partial charge is 0.271 e. The van der Waals surface area contributed by atoms with Gasteiger partial charge in [-0.1, -0.05) is 18.2 Å². The molecule has 12 heteroatoms. The highest BCUT2D eigenvalue weighted by Crippen LogP contribution is 2.49. The lowest BCUT2D eigenvalue weighted by molar-refractivity contribution is -0.205. The number of imidazole rings is 1.